The molecule has 0 unspecified atom stereocenters. The zero-order valence-electron chi connectivity index (χ0n) is 10.7. The Morgan fingerprint density at radius 2 is 2.11 bits per heavy atom. The molecule has 19 heavy (non-hydrogen) atoms. The molecule has 0 bridgehead atoms. The van der Waals surface area contributed by atoms with Crippen LogP contribution in [0.15, 0.2) is 23.1 Å². The third kappa shape index (κ3) is 3.81. The fourth-order valence-corrected chi connectivity index (χ4v) is 2.78. The highest BCUT2D eigenvalue weighted by atomic mass is 32.2. The normalized spacial score (nSPS) is 10.6. The Hall–Kier alpha value is -1.84. The number of carboxylic acid groups (broad SMARTS) is 1. The molecule has 102 valence electrons. The summed E-state index contributed by atoms with van der Waals surface area (Å²) < 4.78 is 26.5. The molecule has 0 amide bonds. The summed E-state index contributed by atoms with van der Waals surface area (Å²) in [6.45, 7) is 3.41. The van der Waals surface area contributed by atoms with Crippen molar-refractivity contribution in [2.45, 2.75) is 25.2 Å². The molecular formula is C13H15NO4S. The standard InChI is InChI=1S/C13H15NO4S/c1-3-5-8-14-19(17,18)12-9-11(13(15)16)7-6-10(12)4-2/h6-7,9,14H,4,8H2,1-2H3,(H,15,16). The predicted octanol–water partition coefficient (Wildman–Crippen LogP) is 1.25. The lowest BCUT2D eigenvalue weighted by Gasteiger charge is -2.10. The lowest BCUT2D eigenvalue weighted by atomic mass is 10.1. The molecule has 0 aliphatic carbocycles. The van der Waals surface area contributed by atoms with Crippen LogP contribution < -0.4 is 4.72 Å². The first kappa shape index (κ1) is 15.2. The first-order valence-electron chi connectivity index (χ1n) is 5.68. The predicted molar refractivity (Wildman–Crippen MR) is 71.4 cm³/mol. The Morgan fingerprint density at radius 1 is 1.42 bits per heavy atom. The number of carbonyl (C=O) groups is 1. The van der Waals surface area contributed by atoms with E-state index in [-0.39, 0.29) is 17.0 Å². The highest BCUT2D eigenvalue weighted by Gasteiger charge is 2.19. The third-order valence-electron chi connectivity index (χ3n) is 2.51. The summed E-state index contributed by atoms with van der Waals surface area (Å²) in [4.78, 5) is 10.9. The van der Waals surface area contributed by atoms with E-state index in [4.69, 9.17) is 5.11 Å². The minimum atomic E-state index is -3.75. The van der Waals surface area contributed by atoms with Gasteiger partial charge >= 0.3 is 5.97 Å². The SMILES string of the molecule is CC#CCNS(=O)(=O)c1cc(C(=O)O)ccc1CC. The van der Waals surface area contributed by atoms with Crippen molar-refractivity contribution in [2.75, 3.05) is 6.54 Å². The molecular weight excluding hydrogens is 266 g/mol. The second-order valence-corrected chi connectivity index (χ2v) is 5.47. The topological polar surface area (TPSA) is 83.5 Å². The molecule has 0 fully saturated rings. The first-order valence-corrected chi connectivity index (χ1v) is 7.16. The summed E-state index contributed by atoms with van der Waals surface area (Å²) >= 11 is 0. The van der Waals surface area contributed by atoms with Gasteiger partial charge in [-0.1, -0.05) is 18.9 Å². The smallest absolute Gasteiger partial charge is 0.335 e. The maximum absolute atomic E-state index is 12.1. The first-order chi connectivity index (χ1) is 8.92. The minimum Gasteiger partial charge on any atom is -0.478 e. The zero-order chi connectivity index (χ0) is 14.5. The molecule has 0 aromatic heterocycles. The van der Waals surface area contributed by atoms with Gasteiger partial charge in [0.05, 0.1) is 17.0 Å². The van der Waals surface area contributed by atoms with Crippen LogP contribution in [0, 0.1) is 11.8 Å². The van der Waals surface area contributed by atoms with Crippen molar-refractivity contribution < 1.29 is 18.3 Å². The monoisotopic (exact) mass is 281 g/mol. The molecule has 6 heteroatoms. The Labute approximate surface area is 112 Å². The highest BCUT2D eigenvalue weighted by Crippen LogP contribution is 2.18. The second-order valence-electron chi connectivity index (χ2n) is 3.73. The Balaban J connectivity index is 3.24. The van der Waals surface area contributed by atoms with E-state index in [1.807, 2.05) is 0 Å². The fraction of sp³-hybridized carbons (Fsp3) is 0.308. The van der Waals surface area contributed by atoms with Gasteiger partial charge in [0.15, 0.2) is 0 Å². The molecule has 0 heterocycles. The number of benzene rings is 1. The summed E-state index contributed by atoms with van der Waals surface area (Å²) in [6.07, 6.45) is 0.496. The Bertz CT molecular complexity index is 638. The van der Waals surface area contributed by atoms with Gasteiger partial charge in [0, 0.05) is 0 Å². The molecule has 0 saturated carbocycles. The maximum Gasteiger partial charge on any atom is 0.335 e. The van der Waals surface area contributed by atoms with Crippen LogP contribution in [-0.2, 0) is 16.4 Å². The van der Waals surface area contributed by atoms with Gasteiger partial charge in [0.1, 0.15) is 0 Å². The number of aryl methyl sites for hydroxylation is 1. The quantitative estimate of drug-likeness (QED) is 0.796. The molecule has 1 aromatic rings. The van der Waals surface area contributed by atoms with E-state index in [9.17, 15) is 13.2 Å². The second kappa shape index (κ2) is 6.36. The number of nitrogens with one attached hydrogen (secondary N) is 1. The fourth-order valence-electron chi connectivity index (χ4n) is 1.53. The molecule has 0 aliphatic rings. The average Bonchev–Trinajstić information content (AvgIpc) is 2.38. The van der Waals surface area contributed by atoms with Crippen LogP contribution in [0.25, 0.3) is 0 Å². The highest BCUT2D eigenvalue weighted by molar-refractivity contribution is 7.89. The van der Waals surface area contributed by atoms with E-state index < -0.39 is 16.0 Å². The molecule has 5 nitrogen and oxygen atoms in total. The lowest BCUT2D eigenvalue weighted by molar-refractivity contribution is 0.0696. The van der Waals surface area contributed by atoms with Crippen LogP contribution in [-0.4, -0.2) is 26.0 Å². The number of carboxylic acids is 1. The molecule has 0 radical (unpaired) electrons. The van der Waals surface area contributed by atoms with Crippen molar-refractivity contribution in [3.05, 3.63) is 29.3 Å². The van der Waals surface area contributed by atoms with Gasteiger partial charge in [-0.25, -0.2) is 13.2 Å². The molecule has 0 aliphatic heterocycles. The molecule has 0 saturated heterocycles. The van der Waals surface area contributed by atoms with Gasteiger partial charge in [-0.05, 0) is 31.0 Å². The summed E-state index contributed by atoms with van der Waals surface area (Å²) in [7, 11) is -3.75. The number of hydrogen-bond donors (Lipinski definition) is 2. The molecule has 0 spiro atoms. The van der Waals surface area contributed by atoms with Crippen LogP contribution in [0.3, 0.4) is 0 Å². The number of rotatable bonds is 5. The molecule has 0 atom stereocenters. The molecule has 1 rings (SSSR count). The average molecular weight is 281 g/mol. The van der Waals surface area contributed by atoms with E-state index in [1.165, 1.54) is 18.2 Å². The van der Waals surface area contributed by atoms with Crippen LogP contribution in [0.4, 0.5) is 0 Å². The van der Waals surface area contributed by atoms with E-state index in [0.717, 1.165) is 0 Å². The lowest BCUT2D eigenvalue weighted by Crippen LogP contribution is -2.25. The summed E-state index contributed by atoms with van der Waals surface area (Å²) in [5.41, 5.74) is 0.515. The van der Waals surface area contributed by atoms with Crippen LogP contribution in [0.5, 0.6) is 0 Å². The third-order valence-corrected chi connectivity index (χ3v) is 4.00. The van der Waals surface area contributed by atoms with Gasteiger partial charge in [-0.15, -0.1) is 5.92 Å². The van der Waals surface area contributed by atoms with Crippen molar-refractivity contribution in [1.29, 1.82) is 0 Å². The van der Waals surface area contributed by atoms with Gasteiger partial charge in [-0.2, -0.15) is 4.72 Å². The van der Waals surface area contributed by atoms with Gasteiger partial charge in [-0.3, -0.25) is 0 Å². The molecule has 1 aromatic carbocycles. The van der Waals surface area contributed by atoms with Crippen LogP contribution in [0.1, 0.15) is 29.8 Å². The van der Waals surface area contributed by atoms with Crippen LogP contribution in [0.2, 0.25) is 0 Å². The Kier molecular flexibility index (Phi) is 5.10. The minimum absolute atomic E-state index is 0.000708. The van der Waals surface area contributed by atoms with Gasteiger partial charge in [0.25, 0.3) is 0 Å². The van der Waals surface area contributed by atoms with Crippen molar-refractivity contribution >= 4 is 16.0 Å². The van der Waals surface area contributed by atoms with Crippen molar-refractivity contribution in [3.8, 4) is 11.8 Å². The largest absolute Gasteiger partial charge is 0.478 e. The molecule has 2 N–H and O–H groups in total. The number of sulfonamides is 1. The Morgan fingerprint density at radius 3 is 2.63 bits per heavy atom. The van der Waals surface area contributed by atoms with E-state index in [1.54, 1.807) is 13.8 Å². The van der Waals surface area contributed by atoms with Gasteiger partial charge < -0.3 is 5.11 Å². The maximum atomic E-state index is 12.1. The van der Waals surface area contributed by atoms with E-state index in [0.29, 0.717) is 12.0 Å². The summed E-state index contributed by atoms with van der Waals surface area (Å²) in [5, 5.41) is 8.92. The summed E-state index contributed by atoms with van der Waals surface area (Å²) in [5.74, 6) is 4.01. The number of aromatic carboxylic acids is 1. The number of hydrogen-bond acceptors (Lipinski definition) is 3. The zero-order valence-corrected chi connectivity index (χ0v) is 11.5. The van der Waals surface area contributed by atoms with Crippen molar-refractivity contribution in [2.24, 2.45) is 0 Å². The van der Waals surface area contributed by atoms with Crippen molar-refractivity contribution in [1.82, 2.24) is 4.72 Å². The van der Waals surface area contributed by atoms with E-state index >= 15 is 0 Å². The van der Waals surface area contributed by atoms with Gasteiger partial charge in [0.2, 0.25) is 10.0 Å². The van der Waals surface area contributed by atoms with Crippen molar-refractivity contribution in [3.63, 3.8) is 0 Å². The van der Waals surface area contributed by atoms with E-state index in [2.05, 4.69) is 16.6 Å². The summed E-state index contributed by atoms with van der Waals surface area (Å²) in [6, 6.07) is 4.08. The van der Waals surface area contributed by atoms with Crippen LogP contribution >= 0.6 is 0 Å².